The lowest BCUT2D eigenvalue weighted by Gasteiger charge is -1.87. The van der Waals surface area contributed by atoms with E-state index >= 15 is 0 Å². The van der Waals surface area contributed by atoms with Crippen LogP contribution in [0.4, 0.5) is 0 Å². The maximum absolute atomic E-state index is 10.7. The quantitative estimate of drug-likeness (QED) is 0.658. The number of nitrogens with one attached hydrogen (secondary N) is 1. The first kappa shape index (κ1) is 7.63. The van der Waals surface area contributed by atoms with Crippen LogP contribution >= 0.6 is 23.2 Å². The summed E-state index contributed by atoms with van der Waals surface area (Å²) >= 11 is 11.1. The van der Waals surface area contributed by atoms with Crippen LogP contribution in [0.3, 0.4) is 0 Å². The number of H-pyrrole nitrogens is 1. The molecule has 10 heavy (non-hydrogen) atoms. The molecule has 1 rings (SSSR count). The van der Waals surface area contributed by atoms with Crippen molar-refractivity contribution in [2.45, 2.75) is 6.92 Å². The Morgan fingerprint density at radius 1 is 1.60 bits per heavy atom. The van der Waals surface area contributed by atoms with Crippen molar-refractivity contribution >= 4 is 29.0 Å². The van der Waals surface area contributed by atoms with E-state index in [2.05, 4.69) is 4.98 Å². The third kappa shape index (κ3) is 1.33. The highest BCUT2D eigenvalue weighted by Crippen LogP contribution is 2.20. The number of ketones is 1. The summed E-state index contributed by atoms with van der Waals surface area (Å²) in [6, 6.07) is 1.50. The second-order valence-electron chi connectivity index (χ2n) is 1.90. The van der Waals surface area contributed by atoms with Gasteiger partial charge in [-0.05, 0) is 6.07 Å². The highest BCUT2D eigenvalue weighted by Gasteiger charge is 2.07. The molecule has 0 aliphatic heterocycles. The fourth-order valence-electron chi connectivity index (χ4n) is 0.655. The first-order valence-electron chi connectivity index (χ1n) is 2.66. The first-order valence-corrected chi connectivity index (χ1v) is 3.42. The lowest BCUT2D eigenvalue weighted by atomic mass is 10.3. The van der Waals surface area contributed by atoms with Crippen LogP contribution in [0.1, 0.15) is 17.4 Å². The topological polar surface area (TPSA) is 32.9 Å². The van der Waals surface area contributed by atoms with Crippen LogP contribution in [-0.2, 0) is 0 Å². The number of aromatic amines is 1. The van der Waals surface area contributed by atoms with E-state index in [4.69, 9.17) is 23.2 Å². The number of Topliss-reactive ketones (excluding diaryl/α,β-unsaturated/α-hetero) is 1. The molecule has 0 atom stereocenters. The van der Waals surface area contributed by atoms with E-state index in [-0.39, 0.29) is 5.78 Å². The maximum atomic E-state index is 10.7. The Bertz CT molecular complexity index is 267. The normalized spacial score (nSPS) is 9.90. The summed E-state index contributed by atoms with van der Waals surface area (Å²) in [4.78, 5) is 13.3. The van der Waals surface area contributed by atoms with Crippen LogP contribution in [0, 0.1) is 0 Å². The second-order valence-corrected chi connectivity index (χ2v) is 2.71. The van der Waals surface area contributed by atoms with E-state index in [0.717, 1.165) is 0 Å². The molecule has 0 unspecified atom stereocenters. The van der Waals surface area contributed by atoms with E-state index in [0.29, 0.717) is 15.9 Å². The van der Waals surface area contributed by atoms with Crippen molar-refractivity contribution in [3.8, 4) is 0 Å². The number of aromatic nitrogens is 1. The highest BCUT2D eigenvalue weighted by atomic mass is 35.5. The summed E-state index contributed by atoms with van der Waals surface area (Å²) in [6.45, 7) is 1.42. The monoisotopic (exact) mass is 177 g/mol. The summed E-state index contributed by atoms with van der Waals surface area (Å²) in [7, 11) is 0. The molecule has 0 bridgehead atoms. The molecule has 0 aliphatic carbocycles. The van der Waals surface area contributed by atoms with Gasteiger partial charge in [-0.2, -0.15) is 0 Å². The Hall–Kier alpha value is -0.470. The molecule has 2 nitrogen and oxygen atoms in total. The van der Waals surface area contributed by atoms with Crippen molar-refractivity contribution < 1.29 is 4.79 Å². The molecule has 54 valence electrons. The summed E-state index contributed by atoms with van der Waals surface area (Å²) in [5.41, 5.74) is 0.367. The summed E-state index contributed by atoms with van der Waals surface area (Å²) in [6.07, 6.45) is 0. The predicted molar refractivity (Wildman–Crippen MR) is 40.8 cm³/mol. The van der Waals surface area contributed by atoms with Crippen molar-refractivity contribution in [1.82, 2.24) is 4.98 Å². The molecule has 0 saturated heterocycles. The van der Waals surface area contributed by atoms with Crippen molar-refractivity contribution in [2.75, 3.05) is 0 Å². The summed E-state index contributed by atoms with van der Waals surface area (Å²) in [5.74, 6) is -0.114. The molecule has 0 spiro atoms. The molecule has 0 amide bonds. The van der Waals surface area contributed by atoms with Gasteiger partial charge in [-0.1, -0.05) is 23.2 Å². The van der Waals surface area contributed by atoms with E-state index in [1.807, 2.05) is 0 Å². The fourth-order valence-corrected chi connectivity index (χ4v) is 1.20. The van der Waals surface area contributed by atoms with Gasteiger partial charge in [0.2, 0.25) is 0 Å². The van der Waals surface area contributed by atoms with Gasteiger partial charge in [-0.25, -0.2) is 0 Å². The third-order valence-corrected chi connectivity index (χ3v) is 1.59. The predicted octanol–water partition coefficient (Wildman–Crippen LogP) is 2.52. The van der Waals surface area contributed by atoms with Gasteiger partial charge in [0, 0.05) is 6.92 Å². The number of hydrogen-bond donors (Lipinski definition) is 1. The van der Waals surface area contributed by atoms with Gasteiger partial charge >= 0.3 is 0 Å². The van der Waals surface area contributed by atoms with Crippen molar-refractivity contribution in [3.63, 3.8) is 0 Å². The summed E-state index contributed by atoms with van der Waals surface area (Å²) < 4.78 is 0. The Labute approximate surface area is 68.1 Å². The minimum Gasteiger partial charge on any atom is -0.342 e. The van der Waals surface area contributed by atoms with E-state index in [1.54, 1.807) is 0 Å². The van der Waals surface area contributed by atoms with Crippen LogP contribution < -0.4 is 0 Å². The van der Waals surface area contributed by atoms with Gasteiger partial charge in [0.1, 0.15) is 10.8 Å². The van der Waals surface area contributed by atoms with E-state index in [9.17, 15) is 4.79 Å². The molecule has 1 N–H and O–H groups in total. The largest absolute Gasteiger partial charge is 0.342 e. The number of carbonyl (C=O) groups is 1. The minimum atomic E-state index is -0.114. The number of carbonyl (C=O) groups excluding carboxylic acids is 1. The summed E-state index contributed by atoms with van der Waals surface area (Å²) in [5, 5.41) is 0.757. The Kier molecular flexibility index (Phi) is 2.02. The number of rotatable bonds is 1. The van der Waals surface area contributed by atoms with Crippen LogP contribution in [0.5, 0.6) is 0 Å². The molecule has 0 aliphatic rings. The van der Waals surface area contributed by atoms with Gasteiger partial charge in [0.15, 0.2) is 5.78 Å². The molecule has 4 heteroatoms. The van der Waals surface area contributed by atoms with E-state index < -0.39 is 0 Å². The Balaban J connectivity index is 3.15. The molecule has 1 aromatic rings. The van der Waals surface area contributed by atoms with Crippen LogP contribution in [0.2, 0.25) is 10.2 Å². The molecular formula is C6H5Cl2NO. The molecule has 0 saturated carbocycles. The average molecular weight is 178 g/mol. The van der Waals surface area contributed by atoms with Crippen molar-refractivity contribution in [1.29, 1.82) is 0 Å². The fraction of sp³-hybridized carbons (Fsp3) is 0.167. The lowest BCUT2D eigenvalue weighted by Crippen LogP contribution is -1.91. The van der Waals surface area contributed by atoms with Gasteiger partial charge in [-0.3, -0.25) is 4.79 Å². The smallest absolute Gasteiger partial charge is 0.177 e. The maximum Gasteiger partial charge on any atom is 0.177 e. The number of hydrogen-bond acceptors (Lipinski definition) is 1. The van der Waals surface area contributed by atoms with Crippen molar-refractivity contribution in [3.05, 3.63) is 21.9 Å². The van der Waals surface area contributed by atoms with E-state index in [1.165, 1.54) is 13.0 Å². The van der Waals surface area contributed by atoms with Gasteiger partial charge < -0.3 is 4.98 Å². The average Bonchev–Trinajstić information content (AvgIpc) is 2.10. The Morgan fingerprint density at radius 2 is 2.20 bits per heavy atom. The molecule has 1 heterocycles. The van der Waals surface area contributed by atoms with Crippen molar-refractivity contribution in [2.24, 2.45) is 0 Å². The van der Waals surface area contributed by atoms with Crippen LogP contribution in [-0.4, -0.2) is 10.8 Å². The zero-order valence-electron chi connectivity index (χ0n) is 5.24. The SMILES string of the molecule is CC(=O)c1[nH]c(Cl)cc1Cl. The van der Waals surface area contributed by atoms with Gasteiger partial charge in [0.05, 0.1) is 5.02 Å². The van der Waals surface area contributed by atoms with Gasteiger partial charge in [-0.15, -0.1) is 0 Å². The highest BCUT2D eigenvalue weighted by molar-refractivity contribution is 6.36. The van der Waals surface area contributed by atoms with Gasteiger partial charge in [0.25, 0.3) is 0 Å². The zero-order valence-corrected chi connectivity index (χ0v) is 6.75. The van der Waals surface area contributed by atoms with Crippen LogP contribution in [0.15, 0.2) is 6.07 Å². The molecular weight excluding hydrogens is 173 g/mol. The Morgan fingerprint density at radius 3 is 2.40 bits per heavy atom. The molecule has 0 radical (unpaired) electrons. The lowest BCUT2D eigenvalue weighted by molar-refractivity contribution is 0.101. The molecule has 0 fully saturated rings. The molecule has 1 aromatic heterocycles. The zero-order chi connectivity index (χ0) is 7.72. The minimum absolute atomic E-state index is 0.114. The molecule has 0 aromatic carbocycles. The third-order valence-electron chi connectivity index (χ3n) is 1.09. The second kappa shape index (κ2) is 2.64. The van der Waals surface area contributed by atoms with Crippen LogP contribution in [0.25, 0.3) is 0 Å². The first-order chi connectivity index (χ1) is 4.61. The standard InChI is InChI=1S/C6H5Cl2NO/c1-3(10)6-4(7)2-5(8)9-6/h2,9H,1H3. The number of halogens is 2.